The molecule has 0 aliphatic heterocycles. The summed E-state index contributed by atoms with van der Waals surface area (Å²) in [5, 5.41) is 4.92. The van der Waals surface area contributed by atoms with Crippen LogP contribution in [0.15, 0.2) is 0 Å². The maximum absolute atomic E-state index is 11.1. The summed E-state index contributed by atoms with van der Waals surface area (Å²) < 4.78 is 0. The Balaban J connectivity index is 2.06. The van der Waals surface area contributed by atoms with Crippen molar-refractivity contribution in [2.24, 2.45) is 5.92 Å². The summed E-state index contributed by atoms with van der Waals surface area (Å²) >= 11 is 0. The van der Waals surface area contributed by atoms with Gasteiger partial charge in [0.05, 0.1) is 0 Å². The maximum Gasteiger partial charge on any atom is 0.321 e. The first kappa shape index (κ1) is 11.0. The molecule has 0 radical (unpaired) electrons. The van der Waals surface area contributed by atoms with Crippen molar-refractivity contribution in [3.63, 3.8) is 0 Å². The second-order valence-electron chi connectivity index (χ2n) is 3.82. The van der Waals surface area contributed by atoms with Crippen LogP contribution < -0.4 is 10.6 Å². The summed E-state index contributed by atoms with van der Waals surface area (Å²) in [5.41, 5.74) is 0. The summed E-state index contributed by atoms with van der Waals surface area (Å²) in [5.74, 6) is -0.0676. The molecule has 5 nitrogen and oxygen atoms in total. The van der Waals surface area contributed by atoms with Crippen LogP contribution in [0.5, 0.6) is 0 Å². The number of hydrogen-bond acceptors (Lipinski definition) is 3. The number of nitrogens with one attached hydrogen (secondary N) is 2. The molecule has 0 heterocycles. The second-order valence-corrected chi connectivity index (χ2v) is 3.82. The highest BCUT2D eigenvalue weighted by Gasteiger charge is 2.30. The van der Waals surface area contributed by atoms with Crippen LogP contribution in [0.2, 0.25) is 0 Å². The van der Waals surface area contributed by atoms with E-state index in [1.807, 2.05) is 19.0 Å². The molecule has 3 amide bonds. The summed E-state index contributed by atoms with van der Waals surface area (Å²) in [6.45, 7) is 1.32. The van der Waals surface area contributed by atoms with Gasteiger partial charge < -0.3 is 10.2 Å². The third kappa shape index (κ3) is 4.23. The molecule has 0 unspecified atom stereocenters. The molecule has 5 heteroatoms. The fraction of sp³-hybridized carbons (Fsp3) is 0.778. The highest BCUT2D eigenvalue weighted by Crippen LogP contribution is 2.28. The number of urea groups is 1. The molecule has 1 fully saturated rings. The van der Waals surface area contributed by atoms with E-state index in [9.17, 15) is 9.59 Å². The number of hydrogen-bond donors (Lipinski definition) is 2. The molecule has 0 atom stereocenters. The minimum absolute atomic E-state index is 0.0783. The first-order valence-electron chi connectivity index (χ1n) is 4.83. The van der Waals surface area contributed by atoms with Gasteiger partial charge in [-0.15, -0.1) is 0 Å². The quantitative estimate of drug-likeness (QED) is 0.658. The predicted molar refractivity (Wildman–Crippen MR) is 52.8 cm³/mol. The molecule has 0 spiro atoms. The highest BCUT2D eigenvalue weighted by atomic mass is 16.2. The average molecular weight is 199 g/mol. The van der Waals surface area contributed by atoms with Crippen LogP contribution in [-0.4, -0.2) is 44.0 Å². The van der Waals surface area contributed by atoms with Gasteiger partial charge in [0, 0.05) is 19.0 Å². The Kier molecular flexibility index (Phi) is 3.88. The van der Waals surface area contributed by atoms with Crippen molar-refractivity contribution in [3.05, 3.63) is 0 Å². The van der Waals surface area contributed by atoms with Crippen molar-refractivity contribution >= 4 is 11.9 Å². The molecular formula is C9H17N3O2. The van der Waals surface area contributed by atoms with E-state index in [-0.39, 0.29) is 17.9 Å². The first-order chi connectivity index (χ1) is 6.59. The van der Waals surface area contributed by atoms with Gasteiger partial charge in [-0.05, 0) is 26.9 Å². The summed E-state index contributed by atoms with van der Waals surface area (Å²) in [7, 11) is 3.85. The minimum Gasteiger partial charge on any atom is -0.337 e. The van der Waals surface area contributed by atoms with E-state index < -0.39 is 0 Å². The third-order valence-electron chi connectivity index (χ3n) is 2.03. The summed E-state index contributed by atoms with van der Waals surface area (Å²) in [6.07, 6.45) is 1.83. The monoisotopic (exact) mass is 199 g/mol. The fourth-order valence-corrected chi connectivity index (χ4v) is 0.997. The normalized spacial score (nSPS) is 15.4. The van der Waals surface area contributed by atoms with Crippen LogP contribution in [0.4, 0.5) is 4.79 Å². The molecule has 1 aliphatic rings. The Bertz CT molecular complexity index is 224. The molecule has 80 valence electrons. The SMILES string of the molecule is CN(C)CCNC(=O)NC(=O)C1CC1. The predicted octanol–water partition coefficient (Wildman–Crippen LogP) is -0.216. The van der Waals surface area contributed by atoms with E-state index in [1.165, 1.54) is 0 Å². The number of imide groups is 1. The molecule has 1 saturated carbocycles. The molecule has 0 saturated heterocycles. The zero-order valence-electron chi connectivity index (χ0n) is 8.67. The lowest BCUT2D eigenvalue weighted by Crippen LogP contribution is -2.42. The van der Waals surface area contributed by atoms with Crippen LogP contribution in [0.1, 0.15) is 12.8 Å². The smallest absolute Gasteiger partial charge is 0.321 e. The van der Waals surface area contributed by atoms with Crippen LogP contribution in [0.25, 0.3) is 0 Å². The Morgan fingerprint density at radius 1 is 1.36 bits per heavy atom. The summed E-state index contributed by atoms with van der Waals surface area (Å²) in [4.78, 5) is 24.2. The van der Waals surface area contributed by atoms with Gasteiger partial charge >= 0.3 is 6.03 Å². The number of carbonyl (C=O) groups excluding carboxylic acids is 2. The van der Waals surface area contributed by atoms with Gasteiger partial charge in [-0.25, -0.2) is 4.79 Å². The van der Waals surface area contributed by atoms with E-state index in [4.69, 9.17) is 0 Å². The van der Waals surface area contributed by atoms with Gasteiger partial charge in [-0.3, -0.25) is 10.1 Å². The number of likely N-dealkylation sites (N-methyl/N-ethyl adjacent to an activating group) is 1. The average Bonchev–Trinajstić information content (AvgIpc) is 2.84. The number of carbonyl (C=O) groups is 2. The zero-order chi connectivity index (χ0) is 10.6. The van der Waals surface area contributed by atoms with Crippen LogP contribution in [0, 0.1) is 5.92 Å². The van der Waals surface area contributed by atoms with Gasteiger partial charge in [0.1, 0.15) is 0 Å². The minimum atomic E-state index is -0.385. The van der Waals surface area contributed by atoms with E-state index in [1.54, 1.807) is 0 Å². The topological polar surface area (TPSA) is 61.4 Å². The highest BCUT2D eigenvalue weighted by molar-refractivity contribution is 5.96. The van der Waals surface area contributed by atoms with Crippen LogP contribution in [0.3, 0.4) is 0 Å². The van der Waals surface area contributed by atoms with E-state index in [0.29, 0.717) is 6.54 Å². The van der Waals surface area contributed by atoms with Gasteiger partial charge in [-0.2, -0.15) is 0 Å². The summed E-state index contributed by atoms with van der Waals surface area (Å²) in [6, 6.07) is -0.385. The van der Waals surface area contributed by atoms with Crippen LogP contribution in [-0.2, 0) is 4.79 Å². The Labute approximate surface area is 83.8 Å². The lowest BCUT2D eigenvalue weighted by Gasteiger charge is -2.10. The Morgan fingerprint density at radius 2 is 2.00 bits per heavy atom. The van der Waals surface area contributed by atoms with Crippen molar-refractivity contribution in [1.82, 2.24) is 15.5 Å². The molecule has 0 aromatic rings. The van der Waals surface area contributed by atoms with Crippen molar-refractivity contribution in [2.75, 3.05) is 27.2 Å². The first-order valence-corrected chi connectivity index (χ1v) is 4.83. The standard InChI is InChI=1S/C9H17N3O2/c1-12(2)6-5-10-9(14)11-8(13)7-3-4-7/h7H,3-6H2,1-2H3,(H2,10,11,13,14). The molecule has 0 aromatic carbocycles. The number of nitrogens with zero attached hydrogens (tertiary/aromatic N) is 1. The van der Waals surface area contributed by atoms with Gasteiger partial charge in [0.25, 0.3) is 0 Å². The van der Waals surface area contributed by atoms with Crippen molar-refractivity contribution < 1.29 is 9.59 Å². The lowest BCUT2D eigenvalue weighted by molar-refractivity contribution is -0.121. The van der Waals surface area contributed by atoms with E-state index >= 15 is 0 Å². The maximum atomic E-state index is 11.1. The number of rotatable bonds is 4. The molecule has 1 rings (SSSR count). The van der Waals surface area contributed by atoms with Gasteiger partial charge in [-0.1, -0.05) is 0 Å². The zero-order valence-corrected chi connectivity index (χ0v) is 8.67. The Morgan fingerprint density at radius 3 is 2.50 bits per heavy atom. The Hall–Kier alpha value is -1.10. The van der Waals surface area contributed by atoms with Gasteiger partial charge in [0.2, 0.25) is 5.91 Å². The van der Waals surface area contributed by atoms with Gasteiger partial charge in [0.15, 0.2) is 0 Å². The molecule has 0 bridgehead atoms. The molecule has 0 aromatic heterocycles. The van der Waals surface area contributed by atoms with Crippen molar-refractivity contribution in [2.45, 2.75) is 12.8 Å². The van der Waals surface area contributed by atoms with Crippen molar-refractivity contribution in [1.29, 1.82) is 0 Å². The fourth-order valence-electron chi connectivity index (χ4n) is 0.997. The third-order valence-corrected chi connectivity index (χ3v) is 2.03. The second kappa shape index (κ2) is 4.95. The van der Waals surface area contributed by atoms with Crippen LogP contribution >= 0.6 is 0 Å². The van der Waals surface area contributed by atoms with E-state index in [2.05, 4.69) is 10.6 Å². The molecular weight excluding hydrogens is 182 g/mol. The largest absolute Gasteiger partial charge is 0.337 e. The molecule has 1 aliphatic carbocycles. The molecule has 2 N–H and O–H groups in total. The lowest BCUT2D eigenvalue weighted by atomic mass is 10.4. The van der Waals surface area contributed by atoms with E-state index in [0.717, 1.165) is 19.4 Å². The molecule has 14 heavy (non-hydrogen) atoms. The number of amides is 3. The van der Waals surface area contributed by atoms with Crippen molar-refractivity contribution in [3.8, 4) is 0 Å².